The van der Waals surface area contributed by atoms with E-state index in [2.05, 4.69) is 4.52 Å². The van der Waals surface area contributed by atoms with Gasteiger partial charge in [-0.25, -0.2) is 9.09 Å². The molecule has 0 aromatic heterocycles. The lowest BCUT2D eigenvalue weighted by Gasteiger charge is -2.18. The predicted molar refractivity (Wildman–Crippen MR) is 34.2 cm³/mol. The highest BCUT2D eigenvalue weighted by Gasteiger charge is 2.31. The maximum absolute atomic E-state index is 10.0. The molecule has 0 aromatic rings. The summed E-state index contributed by atoms with van der Waals surface area (Å²) in [5, 5.41) is 6.44. The summed E-state index contributed by atoms with van der Waals surface area (Å²) in [5.74, 6) is 0. The van der Waals surface area contributed by atoms with Crippen molar-refractivity contribution in [2.24, 2.45) is 0 Å². The summed E-state index contributed by atoms with van der Waals surface area (Å²) >= 11 is 5.05. The van der Waals surface area contributed by atoms with Crippen LogP contribution in [0, 0.1) is 0 Å². The molecule has 0 aliphatic heterocycles. The van der Waals surface area contributed by atoms with Crippen molar-refractivity contribution >= 4 is 19.4 Å². The maximum Gasteiger partial charge on any atom is 0.473 e. The molecule has 0 aromatic carbocycles. The number of rotatable bonds is 3. The van der Waals surface area contributed by atoms with Crippen molar-refractivity contribution in [1.82, 2.24) is 0 Å². The van der Waals surface area contributed by atoms with Gasteiger partial charge in [0.1, 0.15) is 0 Å². The fourth-order valence-corrected chi connectivity index (χ4v) is 1.01. The van der Waals surface area contributed by atoms with Crippen molar-refractivity contribution in [3.05, 3.63) is 0 Å². The zero-order chi connectivity index (χ0) is 8.41. The Morgan fingerprint density at radius 1 is 1.70 bits per heavy atom. The molecule has 0 radical (unpaired) electrons. The first-order valence-electron chi connectivity index (χ1n) is 2.44. The van der Waals surface area contributed by atoms with Gasteiger partial charge in [-0.1, -0.05) is 18.5 Å². The van der Waals surface area contributed by atoms with Crippen LogP contribution in [-0.4, -0.2) is 20.1 Å². The van der Waals surface area contributed by atoms with Crippen molar-refractivity contribution in [3.8, 4) is 0 Å². The molecular formula is C3H8ClO5P. The summed E-state index contributed by atoms with van der Waals surface area (Å²) in [7, 11) is -4.69. The largest absolute Gasteiger partial charge is 0.473 e. The van der Waals surface area contributed by atoms with E-state index in [1.165, 1.54) is 6.92 Å². The van der Waals surface area contributed by atoms with Crippen molar-refractivity contribution in [2.75, 3.05) is 0 Å². The van der Waals surface area contributed by atoms with Crippen LogP contribution in [0.15, 0.2) is 0 Å². The monoisotopic (exact) mass is 190 g/mol. The molecule has 0 bridgehead atoms. The molecule has 0 amide bonds. The van der Waals surface area contributed by atoms with Gasteiger partial charge in [0.25, 0.3) is 5.25 Å². The Bertz CT molecular complexity index is 151. The molecule has 0 rings (SSSR count). The molecule has 5 nitrogen and oxygen atoms in total. The minimum absolute atomic E-state index is 0.111. The number of hydrogen-bond donors (Lipinski definition) is 3. The molecule has 0 aliphatic carbocycles. The highest BCUT2D eigenvalue weighted by molar-refractivity contribution is 7.46. The van der Waals surface area contributed by atoms with Gasteiger partial charge in [-0.2, -0.15) is 0 Å². The van der Waals surface area contributed by atoms with Crippen LogP contribution in [0.1, 0.15) is 13.3 Å². The Labute approximate surface area is 62.8 Å². The van der Waals surface area contributed by atoms with Gasteiger partial charge in [0, 0.05) is 6.42 Å². The molecule has 0 fully saturated rings. The molecule has 10 heavy (non-hydrogen) atoms. The molecule has 7 heteroatoms. The van der Waals surface area contributed by atoms with Crippen LogP contribution in [0.3, 0.4) is 0 Å². The normalized spacial score (nSPS) is 18.5. The molecule has 3 N–H and O–H groups in total. The third kappa shape index (κ3) is 5.17. The molecule has 62 valence electrons. The first-order chi connectivity index (χ1) is 4.27. The van der Waals surface area contributed by atoms with Gasteiger partial charge in [-0.15, -0.1) is 0 Å². The zero-order valence-corrected chi connectivity index (χ0v) is 6.84. The summed E-state index contributed by atoms with van der Waals surface area (Å²) in [6, 6.07) is 0. The van der Waals surface area contributed by atoms with Crippen molar-refractivity contribution in [3.63, 3.8) is 0 Å². The number of hydrogen-bond acceptors (Lipinski definition) is 3. The van der Waals surface area contributed by atoms with Crippen molar-refractivity contribution < 1.29 is 24.0 Å². The van der Waals surface area contributed by atoms with Crippen molar-refractivity contribution in [1.29, 1.82) is 0 Å². The first kappa shape index (κ1) is 10.4. The first-order valence-corrected chi connectivity index (χ1v) is 4.35. The zero-order valence-electron chi connectivity index (χ0n) is 5.19. The van der Waals surface area contributed by atoms with E-state index in [4.69, 9.17) is 26.5 Å². The summed E-state index contributed by atoms with van der Waals surface area (Å²) in [6.07, 6.45) is -0.111. The third-order valence-electron chi connectivity index (χ3n) is 0.695. The average Bonchev–Trinajstić information content (AvgIpc) is 1.60. The Balaban J connectivity index is 4.02. The molecule has 0 saturated carbocycles. The quantitative estimate of drug-likeness (QED) is 0.340. The molecule has 0 saturated heterocycles. The second-order valence-electron chi connectivity index (χ2n) is 1.62. The van der Waals surface area contributed by atoms with Crippen LogP contribution in [0.4, 0.5) is 0 Å². The van der Waals surface area contributed by atoms with Gasteiger partial charge >= 0.3 is 7.82 Å². The molecule has 1 unspecified atom stereocenters. The van der Waals surface area contributed by atoms with E-state index in [0.29, 0.717) is 0 Å². The summed E-state index contributed by atoms with van der Waals surface area (Å²) < 4.78 is 13.8. The lowest BCUT2D eigenvalue weighted by atomic mass is 10.5. The number of phosphoric ester groups is 1. The lowest BCUT2D eigenvalue weighted by Crippen LogP contribution is -2.21. The number of aliphatic hydroxyl groups is 1. The number of phosphoric acid groups is 1. The van der Waals surface area contributed by atoms with Gasteiger partial charge in [0.05, 0.1) is 0 Å². The van der Waals surface area contributed by atoms with Gasteiger partial charge in [0.15, 0.2) is 0 Å². The standard InChI is InChI=1S/C3H8ClO5P/c1-2-3(4,5)9-10(6,7)8/h5H,2H2,1H3,(H2,6,7,8). The van der Waals surface area contributed by atoms with E-state index in [1.54, 1.807) is 0 Å². The Kier molecular flexibility index (Phi) is 3.29. The van der Waals surface area contributed by atoms with E-state index >= 15 is 0 Å². The second kappa shape index (κ2) is 3.17. The van der Waals surface area contributed by atoms with Crippen LogP contribution in [-0.2, 0) is 9.09 Å². The summed E-state index contributed by atoms with van der Waals surface area (Å²) in [4.78, 5) is 16.3. The van der Waals surface area contributed by atoms with E-state index in [1.807, 2.05) is 0 Å². The average molecular weight is 191 g/mol. The Morgan fingerprint density at radius 2 is 2.10 bits per heavy atom. The third-order valence-corrected chi connectivity index (χ3v) is 1.69. The van der Waals surface area contributed by atoms with Crippen LogP contribution >= 0.6 is 19.4 Å². The SMILES string of the molecule is CCC(O)(Cl)OP(=O)(O)O. The Hall–Kier alpha value is 0.360. The maximum atomic E-state index is 10.0. The molecular weight excluding hydrogens is 182 g/mol. The molecule has 1 atom stereocenters. The van der Waals surface area contributed by atoms with Gasteiger partial charge in [0.2, 0.25) is 0 Å². The topological polar surface area (TPSA) is 87.0 Å². The van der Waals surface area contributed by atoms with E-state index in [9.17, 15) is 4.57 Å². The highest BCUT2D eigenvalue weighted by Crippen LogP contribution is 2.42. The van der Waals surface area contributed by atoms with E-state index < -0.39 is 13.1 Å². The smallest absolute Gasteiger partial charge is 0.353 e. The van der Waals surface area contributed by atoms with Gasteiger partial charge in [-0.05, 0) is 0 Å². The second-order valence-corrected chi connectivity index (χ2v) is 3.38. The van der Waals surface area contributed by atoms with Crippen molar-refractivity contribution in [2.45, 2.75) is 18.6 Å². The minimum atomic E-state index is -4.69. The molecule has 0 spiro atoms. The summed E-state index contributed by atoms with van der Waals surface area (Å²) in [6.45, 7) is 1.42. The number of halogens is 1. The van der Waals surface area contributed by atoms with Crippen LogP contribution in [0.25, 0.3) is 0 Å². The molecule has 0 heterocycles. The fraction of sp³-hybridized carbons (Fsp3) is 1.00. The predicted octanol–water partition coefficient (Wildman–Crippen LogP) is 0.391. The van der Waals surface area contributed by atoms with Crippen LogP contribution < -0.4 is 0 Å². The van der Waals surface area contributed by atoms with Crippen LogP contribution in [0.2, 0.25) is 0 Å². The van der Waals surface area contributed by atoms with Gasteiger partial charge < -0.3 is 14.9 Å². The van der Waals surface area contributed by atoms with Gasteiger partial charge in [-0.3, -0.25) is 0 Å². The van der Waals surface area contributed by atoms with E-state index in [-0.39, 0.29) is 6.42 Å². The van der Waals surface area contributed by atoms with E-state index in [0.717, 1.165) is 0 Å². The number of alkyl halides is 1. The fourth-order valence-electron chi connectivity index (χ4n) is 0.247. The van der Waals surface area contributed by atoms with Crippen LogP contribution in [0.5, 0.6) is 0 Å². The molecule has 0 aliphatic rings. The minimum Gasteiger partial charge on any atom is -0.353 e. The Morgan fingerprint density at radius 3 is 2.20 bits per heavy atom. The lowest BCUT2D eigenvalue weighted by molar-refractivity contribution is -0.0787. The highest BCUT2D eigenvalue weighted by atomic mass is 35.5. The summed E-state index contributed by atoms with van der Waals surface area (Å²) in [5.41, 5.74) is 0.